The maximum Gasteiger partial charge on any atom is 0.284 e. The van der Waals surface area contributed by atoms with E-state index >= 15 is 0 Å². The van der Waals surface area contributed by atoms with Gasteiger partial charge in [-0.2, -0.15) is 8.42 Å². The Kier molecular flexibility index (Phi) is 2.85. The van der Waals surface area contributed by atoms with Crippen LogP contribution in [0, 0.1) is 29.1 Å². The average Bonchev–Trinajstić information content (AvgIpc) is 2.75. The summed E-state index contributed by atoms with van der Waals surface area (Å²) in [6.45, 7) is 1.95. The number of hydrogen-bond acceptors (Lipinski definition) is 4. The molecule has 1 amide bonds. The largest absolute Gasteiger partial charge is 0.284 e. The summed E-state index contributed by atoms with van der Waals surface area (Å²) in [5.41, 5.74) is -0.131. The lowest BCUT2D eigenvalue weighted by Crippen LogP contribution is -2.55. The number of aromatic nitrogens is 1. The third kappa shape index (κ3) is 1.68. The van der Waals surface area contributed by atoms with Crippen LogP contribution in [0.1, 0.15) is 39.0 Å². The van der Waals surface area contributed by atoms with Crippen molar-refractivity contribution in [3.8, 4) is 0 Å². The van der Waals surface area contributed by atoms with Crippen molar-refractivity contribution >= 4 is 15.9 Å². The second-order valence-electron chi connectivity index (χ2n) is 8.30. The summed E-state index contributed by atoms with van der Waals surface area (Å²) in [7, 11) is -3.87. The van der Waals surface area contributed by atoms with Gasteiger partial charge in [-0.05, 0) is 68.9 Å². The lowest BCUT2D eigenvalue weighted by Gasteiger charge is -2.59. The summed E-state index contributed by atoms with van der Waals surface area (Å²) in [5.74, 6) is 1.49. The predicted molar refractivity (Wildman–Crippen MR) is 87.2 cm³/mol. The Morgan fingerprint density at radius 1 is 1.17 bits per heavy atom. The molecule has 4 saturated carbocycles. The first-order valence-electron chi connectivity index (χ1n) is 8.93. The highest BCUT2D eigenvalue weighted by molar-refractivity contribution is 7.89. The van der Waals surface area contributed by atoms with Gasteiger partial charge >= 0.3 is 0 Å². The number of nitrogens with zero attached hydrogens (tertiary/aromatic N) is 2. The molecule has 4 atom stereocenters. The summed E-state index contributed by atoms with van der Waals surface area (Å²) in [4.78, 5) is 17.2. The zero-order valence-electron chi connectivity index (χ0n) is 13.8. The second-order valence-corrected chi connectivity index (χ2v) is 10.1. The van der Waals surface area contributed by atoms with Crippen molar-refractivity contribution in [2.75, 3.05) is 0 Å². The van der Waals surface area contributed by atoms with E-state index in [1.165, 1.54) is 23.0 Å². The van der Waals surface area contributed by atoms with Crippen LogP contribution in [0.2, 0.25) is 0 Å². The van der Waals surface area contributed by atoms with Crippen molar-refractivity contribution in [2.24, 2.45) is 29.1 Å². The van der Waals surface area contributed by atoms with Crippen molar-refractivity contribution in [3.05, 3.63) is 24.4 Å². The molecule has 2 heterocycles. The molecule has 128 valence electrons. The van der Waals surface area contributed by atoms with Crippen LogP contribution in [0.4, 0.5) is 0 Å². The van der Waals surface area contributed by atoms with Gasteiger partial charge in [-0.15, -0.1) is 0 Å². The molecule has 5 nitrogen and oxygen atoms in total. The quantitative estimate of drug-likeness (QED) is 0.825. The predicted octanol–water partition coefficient (Wildman–Crippen LogP) is 2.44. The summed E-state index contributed by atoms with van der Waals surface area (Å²) in [6.07, 6.45) is 7.01. The number of hydrogen-bond donors (Lipinski definition) is 0. The Labute approximate surface area is 142 Å². The van der Waals surface area contributed by atoms with Crippen LogP contribution in [-0.2, 0) is 14.8 Å². The van der Waals surface area contributed by atoms with Gasteiger partial charge in [0.05, 0.1) is 6.04 Å². The van der Waals surface area contributed by atoms with Gasteiger partial charge < -0.3 is 0 Å². The van der Waals surface area contributed by atoms with E-state index in [0.717, 1.165) is 25.7 Å². The van der Waals surface area contributed by atoms with E-state index in [1.54, 1.807) is 12.1 Å². The molecule has 1 spiro atoms. The van der Waals surface area contributed by atoms with Crippen LogP contribution in [0.15, 0.2) is 29.4 Å². The number of rotatable bonds is 2. The highest BCUT2D eigenvalue weighted by Crippen LogP contribution is 2.68. The maximum absolute atomic E-state index is 13.2. The number of pyridine rings is 1. The Bertz CT molecular complexity index is 793. The number of carbonyl (C=O) groups is 1. The monoisotopic (exact) mass is 346 g/mol. The highest BCUT2D eigenvalue weighted by Gasteiger charge is 2.68. The smallest absolute Gasteiger partial charge is 0.273 e. The first-order chi connectivity index (χ1) is 11.4. The molecule has 0 aromatic carbocycles. The van der Waals surface area contributed by atoms with Crippen molar-refractivity contribution in [1.29, 1.82) is 0 Å². The molecule has 1 saturated heterocycles. The van der Waals surface area contributed by atoms with E-state index in [9.17, 15) is 13.2 Å². The van der Waals surface area contributed by atoms with Crippen LogP contribution in [0.5, 0.6) is 0 Å². The zero-order valence-corrected chi connectivity index (χ0v) is 14.6. The molecule has 1 aromatic heterocycles. The second kappa shape index (κ2) is 4.59. The van der Waals surface area contributed by atoms with Gasteiger partial charge in [-0.1, -0.05) is 6.07 Å². The van der Waals surface area contributed by atoms with E-state index in [1.807, 2.05) is 6.92 Å². The van der Waals surface area contributed by atoms with Crippen LogP contribution >= 0.6 is 0 Å². The topological polar surface area (TPSA) is 67.3 Å². The van der Waals surface area contributed by atoms with Gasteiger partial charge in [-0.3, -0.25) is 4.79 Å². The minimum absolute atomic E-state index is 0.0139. The number of sulfonamides is 1. The Morgan fingerprint density at radius 3 is 2.50 bits per heavy atom. The molecular weight excluding hydrogens is 324 g/mol. The van der Waals surface area contributed by atoms with Crippen molar-refractivity contribution in [2.45, 2.75) is 50.1 Å². The van der Waals surface area contributed by atoms with Crippen LogP contribution in [-0.4, -0.2) is 29.7 Å². The minimum Gasteiger partial charge on any atom is -0.273 e. The maximum atomic E-state index is 13.2. The van der Waals surface area contributed by atoms with Crippen molar-refractivity contribution in [3.63, 3.8) is 0 Å². The van der Waals surface area contributed by atoms with E-state index < -0.39 is 10.0 Å². The molecule has 6 heteroatoms. The molecule has 6 rings (SSSR count). The number of amides is 1. The highest BCUT2D eigenvalue weighted by atomic mass is 32.2. The molecular formula is C18H22N2O3S. The fourth-order valence-electron chi connectivity index (χ4n) is 6.64. The van der Waals surface area contributed by atoms with Crippen molar-refractivity contribution in [1.82, 2.24) is 9.29 Å². The molecule has 24 heavy (non-hydrogen) atoms. The first kappa shape index (κ1) is 14.9. The van der Waals surface area contributed by atoms with E-state index in [2.05, 4.69) is 4.98 Å². The van der Waals surface area contributed by atoms with E-state index in [-0.39, 0.29) is 28.3 Å². The van der Waals surface area contributed by atoms with Gasteiger partial charge in [0, 0.05) is 17.5 Å². The fraction of sp³-hybridized carbons (Fsp3) is 0.667. The van der Waals surface area contributed by atoms with Crippen LogP contribution in [0.25, 0.3) is 0 Å². The molecule has 4 unspecified atom stereocenters. The standard InChI is InChI=1S/C18H22N2O3S/c1-11-18-9-12-6-13(10-18)8-14(7-12)16(18)17(21)20(11)24(22,23)15-4-2-3-5-19-15/h2-5,11-14,16H,6-10H2,1H3. The normalized spacial score (nSPS) is 43.3. The van der Waals surface area contributed by atoms with Gasteiger partial charge in [0.1, 0.15) is 0 Å². The molecule has 4 aliphatic carbocycles. The average molecular weight is 346 g/mol. The molecule has 0 N–H and O–H groups in total. The SMILES string of the molecule is CC1N(S(=O)(=O)c2ccccn2)C(=O)C2C3CC4CC(C3)CC21C4. The Morgan fingerprint density at radius 2 is 1.88 bits per heavy atom. The van der Waals surface area contributed by atoms with Crippen LogP contribution < -0.4 is 0 Å². The fourth-order valence-corrected chi connectivity index (χ4v) is 8.26. The van der Waals surface area contributed by atoms with Gasteiger partial charge in [-0.25, -0.2) is 9.29 Å². The molecule has 1 aromatic rings. The molecule has 0 radical (unpaired) electrons. The lowest BCUT2D eigenvalue weighted by atomic mass is 9.44. The Hall–Kier alpha value is -1.43. The molecule has 5 fully saturated rings. The summed E-state index contributed by atoms with van der Waals surface area (Å²) < 4.78 is 27.4. The third-order valence-electron chi connectivity index (χ3n) is 7.20. The summed E-state index contributed by atoms with van der Waals surface area (Å²) in [5, 5.41) is -0.0139. The summed E-state index contributed by atoms with van der Waals surface area (Å²) in [6, 6.07) is 4.57. The lowest BCUT2D eigenvalue weighted by molar-refractivity contribution is -0.141. The van der Waals surface area contributed by atoms with Gasteiger partial charge in [0.15, 0.2) is 5.03 Å². The minimum atomic E-state index is -3.87. The van der Waals surface area contributed by atoms with E-state index in [0.29, 0.717) is 17.8 Å². The van der Waals surface area contributed by atoms with Gasteiger partial charge in [0.25, 0.3) is 10.0 Å². The van der Waals surface area contributed by atoms with Gasteiger partial charge in [0.2, 0.25) is 5.91 Å². The molecule has 1 aliphatic heterocycles. The summed E-state index contributed by atoms with van der Waals surface area (Å²) >= 11 is 0. The van der Waals surface area contributed by atoms with Crippen LogP contribution in [0.3, 0.4) is 0 Å². The number of carbonyl (C=O) groups excluding carboxylic acids is 1. The first-order valence-corrected chi connectivity index (χ1v) is 10.4. The molecule has 4 bridgehead atoms. The zero-order chi connectivity index (χ0) is 16.7. The van der Waals surface area contributed by atoms with Crippen molar-refractivity contribution < 1.29 is 13.2 Å². The van der Waals surface area contributed by atoms with E-state index in [4.69, 9.17) is 0 Å². The Balaban J connectivity index is 1.62. The molecule has 5 aliphatic rings. The third-order valence-corrected chi connectivity index (χ3v) is 8.98.